The van der Waals surface area contributed by atoms with Crippen molar-refractivity contribution in [3.8, 4) is 5.75 Å². The lowest BCUT2D eigenvalue weighted by Crippen LogP contribution is -2.47. The minimum Gasteiger partial charge on any atom is -0.497 e. The highest BCUT2D eigenvalue weighted by molar-refractivity contribution is 5.75. The maximum absolute atomic E-state index is 11.5. The molecule has 2 bridgehead atoms. The fourth-order valence-corrected chi connectivity index (χ4v) is 3.83. The number of methoxy groups -OCH3 is 1. The van der Waals surface area contributed by atoms with Gasteiger partial charge in [0.25, 0.3) is 0 Å². The van der Waals surface area contributed by atoms with Crippen LogP contribution in [-0.4, -0.2) is 18.1 Å². The first-order valence-electron chi connectivity index (χ1n) is 8.28. The minimum absolute atomic E-state index is 0.0225. The van der Waals surface area contributed by atoms with E-state index in [2.05, 4.69) is 0 Å². The molecule has 0 radical (unpaired) electrons. The number of carboxylic acids is 1. The van der Waals surface area contributed by atoms with Crippen molar-refractivity contribution < 1.29 is 18.8 Å². The summed E-state index contributed by atoms with van der Waals surface area (Å²) in [6, 6.07) is 7.29. The van der Waals surface area contributed by atoms with Crippen molar-refractivity contribution in [2.75, 3.05) is 7.04 Å². The second-order valence-electron chi connectivity index (χ2n) is 6.00. The molecule has 3 fully saturated rings. The number of carboxylic acid groups (broad SMARTS) is 1. The van der Waals surface area contributed by atoms with Gasteiger partial charge in [-0.25, -0.2) is 0 Å². The largest absolute Gasteiger partial charge is 0.497 e. The molecule has 3 aliphatic rings. The first-order chi connectivity index (χ1) is 10.2. The Kier molecular flexibility index (Phi) is 2.11. The Bertz CT molecular complexity index is 570. The highest BCUT2D eigenvalue weighted by Gasteiger charge is 2.53. The molecule has 0 unspecified atom stereocenters. The number of hydrogen-bond donors (Lipinski definition) is 1. The van der Waals surface area contributed by atoms with Crippen molar-refractivity contribution in [3.63, 3.8) is 0 Å². The molecule has 19 heavy (non-hydrogen) atoms. The van der Waals surface area contributed by atoms with Crippen LogP contribution in [0.4, 0.5) is 0 Å². The molecule has 3 heteroatoms. The normalized spacial score (nSPS) is 36.1. The molecular formula is C16H20O3. The molecule has 0 atom stereocenters. The first-order valence-corrected chi connectivity index (χ1v) is 6.78. The van der Waals surface area contributed by atoms with Gasteiger partial charge in [0.1, 0.15) is 5.75 Å². The van der Waals surface area contributed by atoms with E-state index < -0.39 is 18.4 Å². The predicted octanol–water partition coefficient (Wildman–Crippen LogP) is 3.37. The predicted molar refractivity (Wildman–Crippen MR) is 72.4 cm³/mol. The van der Waals surface area contributed by atoms with E-state index in [0.717, 1.165) is 24.8 Å². The topological polar surface area (TPSA) is 46.5 Å². The second kappa shape index (κ2) is 4.26. The quantitative estimate of drug-likeness (QED) is 0.909. The Morgan fingerprint density at radius 3 is 2.53 bits per heavy atom. The van der Waals surface area contributed by atoms with Crippen LogP contribution in [0.15, 0.2) is 24.3 Å². The summed E-state index contributed by atoms with van der Waals surface area (Å²) in [4.78, 5) is 11.5. The molecule has 3 nitrogen and oxygen atoms in total. The molecule has 0 heterocycles. The van der Waals surface area contributed by atoms with Gasteiger partial charge in [-0.3, -0.25) is 4.79 Å². The van der Waals surface area contributed by atoms with Crippen LogP contribution in [0, 0.1) is 5.41 Å². The molecule has 3 saturated carbocycles. The first kappa shape index (κ1) is 9.40. The molecule has 0 amide bonds. The van der Waals surface area contributed by atoms with Gasteiger partial charge >= 0.3 is 5.97 Å². The molecule has 0 spiro atoms. The highest BCUT2D eigenvalue weighted by atomic mass is 16.5. The summed E-state index contributed by atoms with van der Waals surface area (Å²) in [7, 11) is -2.45. The van der Waals surface area contributed by atoms with Crippen LogP contribution in [-0.2, 0) is 10.2 Å². The van der Waals surface area contributed by atoms with Crippen molar-refractivity contribution in [1.82, 2.24) is 0 Å². The van der Waals surface area contributed by atoms with Crippen LogP contribution in [0.25, 0.3) is 0 Å². The Hall–Kier alpha value is -1.51. The third kappa shape index (κ3) is 1.83. The fraction of sp³-hybridized carbons (Fsp3) is 0.562. The zero-order chi connectivity index (χ0) is 16.0. The van der Waals surface area contributed by atoms with Gasteiger partial charge in [0, 0.05) is 0 Å². The number of carbonyl (C=O) groups is 1. The third-order valence-electron chi connectivity index (χ3n) is 5.26. The summed E-state index contributed by atoms with van der Waals surface area (Å²) in [5.74, 6) is -0.312. The summed E-state index contributed by atoms with van der Waals surface area (Å²) in [5.41, 5.74) is 0.521. The van der Waals surface area contributed by atoms with Crippen molar-refractivity contribution in [2.45, 2.75) is 43.9 Å². The fourth-order valence-electron chi connectivity index (χ4n) is 3.83. The standard InChI is InChI=1S/C16H20O3/c1-19-13-4-2-3-12(11-13)15-5-8-16(9-6-15,10-7-15)14(17)18/h2-4,11H,5-10H2,1H3,(H,17,18)/i1D3. The monoisotopic (exact) mass is 263 g/mol. The van der Waals surface area contributed by atoms with E-state index in [1.807, 2.05) is 18.2 Å². The number of rotatable bonds is 3. The van der Waals surface area contributed by atoms with Gasteiger partial charge in [-0.1, -0.05) is 12.1 Å². The van der Waals surface area contributed by atoms with Gasteiger partial charge in [0.15, 0.2) is 0 Å². The Morgan fingerprint density at radius 2 is 1.95 bits per heavy atom. The van der Waals surface area contributed by atoms with Gasteiger partial charge in [0.05, 0.1) is 16.6 Å². The lowest BCUT2D eigenvalue weighted by Gasteiger charge is -2.51. The van der Waals surface area contributed by atoms with Crippen LogP contribution in [0.5, 0.6) is 5.75 Å². The molecule has 0 saturated heterocycles. The maximum atomic E-state index is 11.5. The molecule has 0 aromatic heterocycles. The van der Waals surface area contributed by atoms with Gasteiger partial charge in [0.2, 0.25) is 0 Å². The van der Waals surface area contributed by atoms with Gasteiger partial charge in [-0.05, 0) is 61.6 Å². The summed E-state index contributed by atoms with van der Waals surface area (Å²) < 4.78 is 26.6. The molecule has 1 N–H and O–H groups in total. The molecule has 1 aromatic rings. The Balaban J connectivity index is 1.84. The third-order valence-corrected chi connectivity index (χ3v) is 5.26. The maximum Gasteiger partial charge on any atom is 0.309 e. The van der Waals surface area contributed by atoms with Crippen molar-refractivity contribution in [1.29, 1.82) is 0 Å². The van der Waals surface area contributed by atoms with E-state index in [-0.39, 0.29) is 5.41 Å². The smallest absolute Gasteiger partial charge is 0.309 e. The van der Waals surface area contributed by atoms with Gasteiger partial charge in [-0.2, -0.15) is 0 Å². The van der Waals surface area contributed by atoms with E-state index >= 15 is 0 Å². The molecule has 0 aliphatic heterocycles. The summed E-state index contributed by atoms with van der Waals surface area (Å²) in [6.07, 6.45) is 4.63. The Morgan fingerprint density at radius 1 is 1.26 bits per heavy atom. The van der Waals surface area contributed by atoms with E-state index in [9.17, 15) is 9.90 Å². The van der Waals surface area contributed by atoms with Crippen molar-refractivity contribution >= 4 is 5.97 Å². The Labute approximate surface area is 117 Å². The minimum atomic E-state index is -2.45. The van der Waals surface area contributed by atoms with Gasteiger partial charge < -0.3 is 9.84 Å². The molecule has 102 valence electrons. The molecule has 3 aliphatic carbocycles. The summed E-state index contributed by atoms with van der Waals surface area (Å²) >= 11 is 0. The zero-order valence-corrected chi connectivity index (χ0v) is 10.8. The molecule has 1 aromatic carbocycles. The van der Waals surface area contributed by atoms with Crippen molar-refractivity contribution in [3.05, 3.63) is 29.8 Å². The molecule has 4 rings (SSSR count). The van der Waals surface area contributed by atoms with Crippen LogP contribution >= 0.6 is 0 Å². The van der Waals surface area contributed by atoms with Crippen LogP contribution in [0.2, 0.25) is 0 Å². The van der Waals surface area contributed by atoms with E-state index in [1.165, 1.54) is 0 Å². The van der Waals surface area contributed by atoms with Crippen LogP contribution < -0.4 is 4.74 Å². The van der Waals surface area contributed by atoms with Crippen LogP contribution in [0.1, 0.15) is 48.2 Å². The van der Waals surface area contributed by atoms with Gasteiger partial charge in [-0.15, -0.1) is 0 Å². The summed E-state index contributed by atoms with van der Waals surface area (Å²) in [5, 5.41) is 9.46. The number of ether oxygens (including phenoxy) is 1. The average Bonchev–Trinajstić information content (AvgIpc) is 2.47. The molecular weight excluding hydrogens is 240 g/mol. The second-order valence-corrected chi connectivity index (χ2v) is 6.00. The average molecular weight is 263 g/mol. The lowest BCUT2D eigenvalue weighted by atomic mass is 9.52. The van der Waals surface area contributed by atoms with Crippen molar-refractivity contribution in [2.24, 2.45) is 5.41 Å². The number of benzene rings is 1. The van der Waals surface area contributed by atoms with E-state index in [0.29, 0.717) is 25.0 Å². The SMILES string of the molecule is [2H]C([2H])([2H])Oc1cccc(C23CCC(C(=O)O)(CC2)CC3)c1. The summed E-state index contributed by atoms with van der Waals surface area (Å²) in [6.45, 7) is 0. The number of aliphatic carboxylic acids is 1. The van der Waals surface area contributed by atoms with Crippen LogP contribution in [0.3, 0.4) is 0 Å². The number of hydrogen-bond acceptors (Lipinski definition) is 2. The lowest BCUT2D eigenvalue weighted by molar-refractivity contribution is -0.156. The van der Waals surface area contributed by atoms with E-state index in [4.69, 9.17) is 8.85 Å². The van der Waals surface area contributed by atoms with E-state index in [1.54, 1.807) is 6.07 Å². The number of fused-ring (bicyclic) bond motifs is 3. The zero-order valence-electron chi connectivity index (χ0n) is 13.8. The highest BCUT2D eigenvalue weighted by Crippen LogP contribution is 2.58.